The Morgan fingerprint density at radius 3 is 2.40 bits per heavy atom. The Kier molecular flexibility index (Phi) is 8.64. The fraction of sp³-hybridized carbons (Fsp3) is 0.154. The molecule has 0 spiro atoms. The van der Waals surface area contributed by atoms with E-state index in [0.717, 1.165) is 31.4 Å². The minimum Gasteiger partial charge on any atom is -0.490 e. The lowest BCUT2D eigenvalue weighted by molar-refractivity contribution is -0.123. The molecule has 2 amide bonds. The number of rotatable bonds is 8. The molecule has 1 heterocycles. The largest absolute Gasteiger partial charge is 0.490 e. The minimum atomic E-state index is -0.395. The summed E-state index contributed by atoms with van der Waals surface area (Å²) in [6, 6.07) is 18.6. The Hall–Kier alpha value is -2.20. The number of benzene rings is 3. The molecule has 9 heteroatoms. The number of carbonyl (C=O) groups is 2. The van der Waals surface area contributed by atoms with Gasteiger partial charge in [0, 0.05) is 15.6 Å². The van der Waals surface area contributed by atoms with E-state index in [2.05, 4.69) is 22.6 Å². The van der Waals surface area contributed by atoms with Gasteiger partial charge in [0.25, 0.3) is 11.1 Å². The highest BCUT2D eigenvalue weighted by molar-refractivity contribution is 14.1. The van der Waals surface area contributed by atoms with E-state index < -0.39 is 5.91 Å². The summed E-state index contributed by atoms with van der Waals surface area (Å²) in [5.41, 5.74) is 2.31. The van der Waals surface area contributed by atoms with Crippen molar-refractivity contribution in [2.24, 2.45) is 0 Å². The van der Waals surface area contributed by atoms with Gasteiger partial charge in [0.15, 0.2) is 11.5 Å². The molecule has 1 saturated heterocycles. The number of halogens is 3. The second-order valence-electron chi connectivity index (χ2n) is 7.51. The van der Waals surface area contributed by atoms with Crippen molar-refractivity contribution >= 4 is 74.8 Å². The van der Waals surface area contributed by atoms with E-state index in [1.807, 2.05) is 49.4 Å². The fourth-order valence-corrected chi connectivity index (χ4v) is 5.57. The number of amides is 2. The van der Waals surface area contributed by atoms with Crippen molar-refractivity contribution < 1.29 is 19.1 Å². The second kappa shape index (κ2) is 11.7. The van der Waals surface area contributed by atoms with Gasteiger partial charge in [-0.2, -0.15) is 0 Å². The Morgan fingerprint density at radius 1 is 1.00 bits per heavy atom. The van der Waals surface area contributed by atoms with Crippen molar-refractivity contribution in [3.8, 4) is 11.5 Å². The number of imide groups is 1. The summed E-state index contributed by atoms with van der Waals surface area (Å²) in [6.07, 6.45) is 1.69. The van der Waals surface area contributed by atoms with Crippen LogP contribution in [-0.4, -0.2) is 22.7 Å². The van der Waals surface area contributed by atoms with Crippen LogP contribution in [0.1, 0.15) is 23.6 Å². The van der Waals surface area contributed by atoms with E-state index in [0.29, 0.717) is 45.2 Å². The van der Waals surface area contributed by atoms with Gasteiger partial charge in [0.1, 0.15) is 6.61 Å². The number of nitrogens with zero attached hydrogens (tertiary/aromatic N) is 1. The zero-order valence-electron chi connectivity index (χ0n) is 18.6. The first-order valence-corrected chi connectivity index (χ1v) is 13.3. The Morgan fingerprint density at radius 2 is 1.71 bits per heavy atom. The van der Waals surface area contributed by atoms with Crippen molar-refractivity contribution in [1.29, 1.82) is 0 Å². The molecule has 0 bridgehead atoms. The van der Waals surface area contributed by atoms with Crippen LogP contribution in [0.15, 0.2) is 65.6 Å². The van der Waals surface area contributed by atoms with E-state index in [1.54, 1.807) is 24.3 Å². The maximum absolute atomic E-state index is 13.0. The van der Waals surface area contributed by atoms with Crippen LogP contribution in [0.3, 0.4) is 0 Å². The van der Waals surface area contributed by atoms with Crippen molar-refractivity contribution in [3.63, 3.8) is 0 Å². The van der Waals surface area contributed by atoms with Crippen LogP contribution in [0.4, 0.5) is 4.79 Å². The molecule has 0 atom stereocenters. The van der Waals surface area contributed by atoms with Crippen LogP contribution in [0.25, 0.3) is 6.08 Å². The molecule has 0 aliphatic carbocycles. The average Bonchev–Trinajstić information content (AvgIpc) is 3.09. The van der Waals surface area contributed by atoms with Gasteiger partial charge in [-0.3, -0.25) is 14.5 Å². The standard InChI is InChI=1S/C26H20Cl2INO4S/c1-2-33-22-12-17(11-21(29)24(22)34-15-16-7-4-3-5-8-16)13-23-25(31)30(26(32)35-23)14-18-19(27)9-6-10-20(18)28/h3-13H,2,14-15H2,1H3/b23-13+. The molecule has 0 unspecified atom stereocenters. The predicted molar refractivity (Wildman–Crippen MR) is 149 cm³/mol. The molecule has 0 saturated carbocycles. The van der Waals surface area contributed by atoms with Gasteiger partial charge in [-0.25, -0.2) is 0 Å². The van der Waals surface area contributed by atoms with E-state index in [9.17, 15) is 9.59 Å². The third-order valence-corrected chi connectivity index (χ3v) is 7.52. The molecule has 3 aromatic carbocycles. The predicted octanol–water partition coefficient (Wildman–Crippen LogP) is 7.81. The van der Waals surface area contributed by atoms with E-state index >= 15 is 0 Å². The van der Waals surface area contributed by atoms with Crippen LogP contribution in [-0.2, 0) is 17.9 Å². The zero-order valence-corrected chi connectivity index (χ0v) is 23.1. The second-order valence-corrected chi connectivity index (χ2v) is 10.5. The van der Waals surface area contributed by atoms with Crippen LogP contribution < -0.4 is 9.47 Å². The van der Waals surface area contributed by atoms with Crippen molar-refractivity contribution in [2.75, 3.05) is 6.61 Å². The van der Waals surface area contributed by atoms with Gasteiger partial charge in [0.2, 0.25) is 0 Å². The lowest BCUT2D eigenvalue weighted by atomic mass is 10.1. The number of hydrogen-bond donors (Lipinski definition) is 0. The summed E-state index contributed by atoms with van der Waals surface area (Å²) in [5, 5.41) is 0.435. The van der Waals surface area contributed by atoms with Gasteiger partial charge in [-0.1, -0.05) is 59.6 Å². The topological polar surface area (TPSA) is 55.8 Å². The maximum atomic E-state index is 13.0. The molecular formula is C26H20Cl2INO4S. The number of ether oxygens (including phenoxy) is 2. The Balaban J connectivity index is 1.57. The van der Waals surface area contributed by atoms with Crippen LogP contribution in [0, 0.1) is 3.57 Å². The monoisotopic (exact) mass is 639 g/mol. The van der Waals surface area contributed by atoms with Gasteiger partial charge in [-0.05, 0) is 82.7 Å². The summed E-state index contributed by atoms with van der Waals surface area (Å²) in [5.74, 6) is 0.812. The smallest absolute Gasteiger partial charge is 0.293 e. The molecule has 3 aromatic rings. The van der Waals surface area contributed by atoms with Crippen LogP contribution >= 0.6 is 57.6 Å². The summed E-state index contributed by atoms with van der Waals surface area (Å²) < 4.78 is 12.7. The Labute approximate surface area is 231 Å². The SMILES string of the molecule is CCOc1cc(/C=C2/SC(=O)N(Cc3c(Cl)cccc3Cl)C2=O)cc(I)c1OCc1ccccc1. The van der Waals surface area contributed by atoms with Gasteiger partial charge < -0.3 is 9.47 Å². The quantitative estimate of drug-likeness (QED) is 0.186. The van der Waals surface area contributed by atoms with Gasteiger partial charge in [-0.15, -0.1) is 0 Å². The fourth-order valence-electron chi connectivity index (χ4n) is 3.43. The molecule has 180 valence electrons. The summed E-state index contributed by atoms with van der Waals surface area (Å²) in [6.45, 7) is 2.76. The van der Waals surface area contributed by atoms with Crippen molar-refractivity contribution in [1.82, 2.24) is 4.90 Å². The zero-order chi connectivity index (χ0) is 24.9. The highest BCUT2D eigenvalue weighted by Crippen LogP contribution is 2.39. The van der Waals surface area contributed by atoms with E-state index in [4.69, 9.17) is 32.7 Å². The van der Waals surface area contributed by atoms with Crippen LogP contribution in [0.2, 0.25) is 10.0 Å². The number of carbonyl (C=O) groups excluding carboxylic acids is 2. The normalized spacial score (nSPS) is 14.6. The molecule has 1 fully saturated rings. The summed E-state index contributed by atoms with van der Waals surface area (Å²) in [7, 11) is 0. The molecule has 0 N–H and O–H groups in total. The molecule has 1 aliphatic rings. The van der Waals surface area contributed by atoms with Gasteiger partial charge in [0.05, 0.1) is 21.6 Å². The minimum absolute atomic E-state index is 0.00844. The number of hydrogen-bond acceptors (Lipinski definition) is 5. The Bertz CT molecular complexity index is 1280. The third-order valence-electron chi connectivity index (χ3n) is 5.11. The molecule has 35 heavy (non-hydrogen) atoms. The highest BCUT2D eigenvalue weighted by atomic mass is 127. The van der Waals surface area contributed by atoms with E-state index in [1.165, 1.54) is 0 Å². The summed E-state index contributed by atoms with van der Waals surface area (Å²) >= 11 is 15.5. The molecule has 5 nitrogen and oxygen atoms in total. The molecular weight excluding hydrogens is 620 g/mol. The van der Waals surface area contributed by atoms with Gasteiger partial charge >= 0.3 is 0 Å². The lowest BCUT2D eigenvalue weighted by Gasteiger charge is -2.15. The first-order chi connectivity index (χ1) is 16.9. The summed E-state index contributed by atoms with van der Waals surface area (Å²) in [4.78, 5) is 27.1. The lowest BCUT2D eigenvalue weighted by Crippen LogP contribution is -2.27. The molecule has 0 radical (unpaired) electrons. The molecule has 1 aliphatic heterocycles. The average molecular weight is 640 g/mol. The van der Waals surface area contributed by atoms with Crippen molar-refractivity contribution in [3.05, 3.63) is 95.9 Å². The highest BCUT2D eigenvalue weighted by Gasteiger charge is 2.35. The first kappa shape index (κ1) is 25.9. The number of thioether (sulfide) groups is 1. The van der Waals surface area contributed by atoms with E-state index in [-0.39, 0.29) is 11.8 Å². The van der Waals surface area contributed by atoms with Crippen LogP contribution in [0.5, 0.6) is 11.5 Å². The van der Waals surface area contributed by atoms with Crippen molar-refractivity contribution in [2.45, 2.75) is 20.1 Å². The molecule has 0 aromatic heterocycles. The first-order valence-electron chi connectivity index (χ1n) is 10.7. The maximum Gasteiger partial charge on any atom is 0.293 e. The third kappa shape index (κ3) is 6.14. The molecule has 4 rings (SSSR count).